The van der Waals surface area contributed by atoms with E-state index >= 15 is 0 Å². The van der Waals surface area contributed by atoms with Crippen molar-refractivity contribution < 1.29 is 8.91 Å². The Bertz CT molecular complexity index is 1350. The van der Waals surface area contributed by atoms with Gasteiger partial charge in [0.25, 0.3) is 5.89 Å². The van der Waals surface area contributed by atoms with Gasteiger partial charge >= 0.3 is 0 Å². The van der Waals surface area contributed by atoms with E-state index in [1.165, 1.54) is 12.1 Å². The van der Waals surface area contributed by atoms with Gasteiger partial charge in [0.05, 0.1) is 11.6 Å². The Balaban J connectivity index is 1.66. The smallest absolute Gasteiger partial charge is 0.258 e. The van der Waals surface area contributed by atoms with E-state index in [2.05, 4.69) is 15.5 Å². The molecule has 1 aliphatic rings. The predicted octanol–water partition coefficient (Wildman–Crippen LogP) is 6.40. The monoisotopic (exact) mass is 476 g/mol. The normalized spacial score (nSPS) is 16.2. The van der Waals surface area contributed by atoms with Crippen LogP contribution in [0.15, 0.2) is 89.1 Å². The molecule has 8 heteroatoms. The van der Waals surface area contributed by atoms with Crippen molar-refractivity contribution >= 4 is 40.2 Å². The van der Waals surface area contributed by atoms with Crippen LogP contribution in [0.1, 0.15) is 24.4 Å². The summed E-state index contributed by atoms with van der Waals surface area (Å²) in [7, 11) is 0. The minimum Gasteiger partial charge on any atom is -0.351 e. The lowest BCUT2D eigenvalue weighted by Crippen LogP contribution is -2.46. The molecule has 1 aliphatic heterocycles. The van der Waals surface area contributed by atoms with Crippen LogP contribution in [0.2, 0.25) is 5.02 Å². The van der Waals surface area contributed by atoms with E-state index in [9.17, 15) is 4.39 Å². The van der Waals surface area contributed by atoms with Crippen LogP contribution >= 0.6 is 23.8 Å². The Morgan fingerprint density at radius 3 is 2.52 bits per heavy atom. The molecular weight excluding hydrogens is 459 g/mol. The summed E-state index contributed by atoms with van der Waals surface area (Å²) < 4.78 is 19.8. The lowest BCUT2D eigenvalue weighted by Gasteiger charge is -2.37. The summed E-state index contributed by atoms with van der Waals surface area (Å²) in [5, 5.41) is 8.59. The fourth-order valence-electron chi connectivity index (χ4n) is 3.89. The third-order valence-electron chi connectivity index (χ3n) is 5.44. The SMILES string of the molecule is CC1=C(c2nc(-c3ccccc3)no2)C(c2cccc(F)c2)NC(=S)N1c1ccc(Cl)cc1. The number of anilines is 1. The molecule has 1 atom stereocenters. The zero-order valence-corrected chi connectivity index (χ0v) is 19.1. The summed E-state index contributed by atoms with van der Waals surface area (Å²) in [6, 6.07) is 22.8. The third kappa shape index (κ3) is 4.13. The number of hydrogen-bond donors (Lipinski definition) is 1. The number of thiocarbonyl (C=S) groups is 1. The van der Waals surface area contributed by atoms with Gasteiger partial charge in [0, 0.05) is 22.0 Å². The van der Waals surface area contributed by atoms with Gasteiger partial charge in [-0.3, -0.25) is 4.90 Å². The van der Waals surface area contributed by atoms with E-state index in [0.29, 0.717) is 33.0 Å². The first-order valence-corrected chi connectivity index (χ1v) is 11.0. The highest BCUT2D eigenvalue weighted by Gasteiger charge is 2.35. The summed E-state index contributed by atoms with van der Waals surface area (Å²) in [5.41, 5.74) is 3.86. The van der Waals surface area contributed by atoms with E-state index in [-0.39, 0.29) is 5.82 Å². The maximum absolute atomic E-state index is 14.1. The molecule has 4 aromatic rings. The van der Waals surface area contributed by atoms with Crippen LogP contribution in [0.5, 0.6) is 0 Å². The minimum absolute atomic E-state index is 0.328. The predicted molar refractivity (Wildman–Crippen MR) is 131 cm³/mol. The molecule has 0 amide bonds. The van der Waals surface area contributed by atoms with Gasteiger partial charge in [0.15, 0.2) is 5.11 Å². The van der Waals surface area contributed by atoms with Gasteiger partial charge < -0.3 is 9.84 Å². The molecule has 5 rings (SSSR count). The van der Waals surface area contributed by atoms with E-state index in [0.717, 1.165) is 16.9 Å². The van der Waals surface area contributed by atoms with Crippen LogP contribution in [-0.4, -0.2) is 15.3 Å². The maximum atomic E-state index is 14.1. The largest absolute Gasteiger partial charge is 0.351 e. The van der Waals surface area contributed by atoms with Gasteiger partial charge in [0.1, 0.15) is 5.82 Å². The lowest BCUT2D eigenvalue weighted by atomic mass is 9.94. The van der Waals surface area contributed by atoms with Crippen LogP contribution in [-0.2, 0) is 0 Å². The summed E-state index contributed by atoms with van der Waals surface area (Å²) in [4.78, 5) is 6.54. The number of benzene rings is 3. The molecule has 3 aromatic carbocycles. The summed E-state index contributed by atoms with van der Waals surface area (Å²) in [6.07, 6.45) is 0. The number of nitrogens with one attached hydrogen (secondary N) is 1. The van der Waals surface area contributed by atoms with Crippen molar-refractivity contribution in [2.75, 3.05) is 4.90 Å². The fraction of sp³-hybridized carbons (Fsp3) is 0.0800. The van der Waals surface area contributed by atoms with Crippen LogP contribution in [0.3, 0.4) is 0 Å². The van der Waals surface area contributed by atoms with Gasteiger partial charge in [-0.15, -0.1) is 0 Å². The molecule has 5 nitrogen and oxygen atoms in total. The van der Waals surface area contributed by atoms with Gasteiger partial charge in [-0.2, -0.15) is 4.98 Å². The number of hydrogen-bond acceptors (Lipinski definition) is 4. The second kappa shape index (κ2) is 8.77. The Labute approximate surface area is 200 Å². The second-order valence-corrected chi connectivity index (χ2v) is 8.36. The van der Waals surface area contributed by atoms with Crippen LogP contribution in [0.25, 0.3) is 17.0 Å². The number of halogens is 2. The summed E-state index contributed by atoms with van der Waals surface area (Å²) in [5.74, 6) is 0.456. The topological polar surface area (TPSA) is 54.2 Å². The van der Waals surface area contributed by atoms with Crippen molar-refractivity contribution in [1.29, 1.82) is 0 Å². The van der Waals surface area contributed by atoms with Crippen molar-refractivity contribution in [3.63, 3.8) is 0 Å². The molecule has 2 heterocycles. The van der Waals surface area contributed by atoms with Crippen LogP contribution < -0.4 is 10.2 Å². The molecule has 0 bridgehead atoms. The van der Waals surface area contributed by atoms with E-state index in [1.807, 2.05) is 60.4 Å². The molecule has 33 heavy (non-hydrogen) atoms. The van der Waals surface area contributed by atoms with Gasteiger partial charge in [-0.1, -0.05) is 59.2 Å². The molecule has 0 radical (unpaired) electrons. The first-order chi connectivity index (χ1) is 16.0. The van der Waals surface area contributed by atoms with Crippen molar-refractivity contribution in [2.24, 2.45) is 0 Å². The molecule has 0 saturated carbocycles. The Hall–Kier alpha value is -3.55. The molecule has 1 aromatic heterocycles. The number of aromatic nitrogens is 2. The van der Waals surface area contributed by atoms with E-state index in [1.54, 1.807) is 18.2 Å². The molecular formula is C25H18ClFN4OS. The van der Waals surface area contributed by atoms with Crippen molar-refractivity contribution in [2.45, 2.75) is 13.0 Å². The maximum Gasteiger partial charge on any atom is 0.258 e. The molecule has 0 aliphatic carbocycles. The molecule has 0 saturated heterocycles. The van der Waals surface area contributed by atoms with Gasteiger partial charge in [0.2, 0.25) is 5.82 Å². The average Bonchev–Trinajstić information content (AvgIpc) is 3.30. The summed E-state index contributed by atoms with van der Waals surface area (Å²) >= 11 is 11.8. The van der Waals surface area contributed by atoms with E-state index < -0.39 is 6.04 Å². The van der Waals surface area contributed by atoms with Crippen molar-refractivity contribution in [3.05, 3.63) is 107 Å². The fourth-order valence-corrected chi connectivity index (χ4v) is 4.38. The lowest BCUT2D eigenvalue weighted by molar-refractivity contribution is 0.404. The quantitative estimate of drug-likeness (QED) is 0.344. The van der Waals surface area contributed by atoms with Crippen molar-refractivity contribution in [1.82, 2.24) is 15.5 Å². The Kier molecular flexibility index (Phi) is 5.66. The Morgan fingerprint density at radius 1 is 1.03 bits per heavy atom. The van der Waals surface area contributed by atoms with Crippen LogP contribution in [0.4, 0.5) is 10.1 Å². The zero-order chi connectivity index (χ0) is 22.9. The number of nitrogens with zero attached hydrogens (tertiary/aromatic N) is 3. The van der Waals surface area contributed by atoms with E-state index in [4.69, 9.17) is 28.3 Å². The molecule has 164 valence electrons. The minimum atomic E-state index is -0.471. The molecule has 0 spiro atoms. The summed E-state index contributed by atoms with van der Waals surface area (Å²) in [6.45, 7) is 1.93. The molecule has 1 N–H and O–H groups in total. The first kappa shape index (κ1) is 21.3. The van der Waals surface area contributed by atoms with Crippen LogP contribution in [0, 0.1) is 5.82 Å². The third-order valence-corrected chi connectivity index (χ3v) is 5.99. The van der Waals surface area contributed by atoms with Gasteiger partial charge in [-0.25, -0.2) is 4.39 Å². The highest BCUT2D eigenvalue weighted by atomic mass is 35.5. The molecule has 0 fully saturated rings. The van der Waals surface area contributed by atoms with Gasteiger partial charge in [-0.05, 0) is 61.1 Å². The standard InChI is InChI=1S/C25H18ClFN4OS/c1-15-21(24-29-23(30-32-24)16-6-3-2-4-7-16)22(17-8-5-9-19(27)14-17)28-25(33)31(15)20-12-10-18(26)11-13-20/h2-14,22H,1H3,(H,28,33). The number of allylic oxidation sites excluding steroid dienone is 1. The second-order valence-electron chi connectivity index (χ2n) is 7.54. The first-order valence-electron chi connectivity index (χ1n) is 10.2. The zero-order valence-electron chi connectivity index (χ0n) is 17.5. The average molecular weight is 477 g/mol. The van der Waals surface area contributed by atoms with Crippen molar-refractivity contribution in [3.8, 4) is 11.4 Å². The highest BCUT2D eigenvalue weighted by molar-refractivity contribution is 7.80. The highest BCUT2D eigenvalue weighted by Crippen LogP contribution is 2.39. The molecule has 1 unspecified atom stereocenters. The number of rotatable bonds is 4. The Morgan fingerprint density at radius 2 is 1.79 bits per heavy atom.